The number of likely N-dealkylation sites (tertiary alicyclic amines) is 1. The zero-order valence-corrected chi connectivity index (χ0v) is 22.5. The van der Waals surface area contributed by atoms with E-state index in [1.165, 1.54) is 11.1 Å². The summed E-state index contributed by atoms with van der Waals surface area (Å²) in [5.74, 6) is 0.299. The Labute approximate surface area is 223 Å². The van der Waals surface area contributed by atoms with E-state index >= 15 is 0 Å². The molecule has 2 amide bonds. The molecule has 2 aliphatic heterocycles. The molecule has 0 radical (unpaired) electrons. The molecule has 37 heavy (non-hydrogen) atoms. The van der Waals surface area contributed by atoms with Crippen LogP contribution in [-0.4, -0.2) is 70.7 Å². The van der Waals surface area contributed by atoms with Crippen molar-refractivity contribution >= 4 is 29.1 Å². The minimum absolute atomic E-state index is 0.0322. The van der Waals surface area contributed by atoms with Crippen molar-refractivity contribution in [3.8, 4) is 5.69 Å². The first-order chi connectivity index (χ1) is 17.8. The molecule has 2 aliphatic rings. The Bertz CT molecular complexity index is 1290. The average molecular weight is 520 g/mol. The molecule has 3 heterocycles. The third kappa shape index (κ3) is 5.23. The van der Waals surface area contributed by atoms with Crippen molar-refractivity contribution in [2.75, 3.05) is 44.2 Å². The number of halogens is 1. The molecule has 1 aromatic heterocycles. The summed E-state index contributed by atoms with van der Waals surface area (Å²) in [6.07, 6.45) is 3.38. The van der Waals surface area contributed by atoms with E-state index < -0.39 is 0 Å². The molecular formula is C29H34ClN5O2. The van der Waals surface area contributed by atoms with Gasteiger partial charge in [0.05, 0.1) is 23.1 Å². The van der Waals surface area contributed by atoms with Gasteiger partial charge in [0.1, 0.15) is 0 Å². The van der Waals surface area contributed by atoms with Gasteiger partial charge in [-0.1, -0.05) is 35.4 Å². The summed E-state index contributed by atoms with van der Waals surface area (Å²) in [5.41, 5.74) is 6.08. The predicted octanol–water partition coefficient (Wildman–Crippen LogP) is 4.83. The van der Waals surface area contributed by atoms with E-state index in [-0.39, 0.29) is 17.7 Å². The lowest BCUT2D eigenvalue weighted by molar-refractivity contribution is -0.129. The van der Waals surface area contributed by atoms with Crippen LogP contribution in [0.25, 0.3) is 5.69 Å². The molecule has 2 fully saturated rings. The molecule has 5 rings (SSSR count). The normalized spacial score (nSPS) is 16.8. The molecule has 0 bridgehead atoms. The van der Waals surface area contributed by atoms with Crippen molar-refractivity contribution in [1.82, 2.24) is 19.6 Å². The summed E-state index contributed by atoms with van der Waals surface area (Å²) in [6, 6.07) is 14.2. The minimum Gasteiger partial charge on any atom is -0.368 e. The molecule has 0 atom stereocenters. The van der Waals surface area contributed by atoms with Crippen molar-refractivity contribution in [2.24, 2.45) is 0 Å². The first-order valence-electron chi connectivity index (χ1n) is 13.0. The van der Waals surface area contributed by atoms with E-state index in [2.05, 4.69) is 43.0 Å². The Balaban J connectivity index is 1.39. The summed E-state index contributed by atoms with van der Waals surface area (Å²) < 4.78 is 1.94. The number of aromatic nitrogens is 2. The van der Waals surface area contributed by atoms with Gasteiger partial charge >= 0.3 is 0 Å². The second kappa shape index (κ2) is 10.6. The maximum absolute atomic E-state index is 13.9. The van der Waals surface area contributed by atoms with Crippen LogP contribution in [0, 0.1) is 13.8 Å². The molecule has 3 aromatic rings. The summed E-state index contributed by atoms with van der Waals surface area (Å²) in [6.45, 7) is 9.96. The van der Waals surface area contributed by atoms with E-state index in [1.807, 2.05) is 32.7 Å². The van der Waals surface area contributed by atoms with Gasteiger partial charge in [-0.05, 0) is 56.5 Å². The van der Waals surface area contributed by atoms with Crippen LogP contribution in [0.15, 0.2) is 48.7 Å². The summed E-state index contributed by atoms with van der Waals surface area (Å²) in [7, 11) is 0. The number of carbonyl (C=O) groups is 2. The Morgan fingerprint density at radius 2 is 1.57 bits per heavy atom. The van der Waals surface area contributed by atoms with Gasteiger partial charge in [0.15, 0.2) is 0 Å². The van der Waals surface area contributed by atoms with Crippen molar-refractivity contribution in [3.05, 3.63) is 76.1 Å². The highest BCUT2D eigenvalue weighted by molar-refractivity contribution is 6.30. The van der Waals surface area contributed by atoms with Gasteiger partial charge in [-0.3, -0.25) is 9.59 Å². The SMILES string of the molecule is CC(=O)N1CCC(c2c(C(=O)N3CCN(c4cc(Cl)ccc4C)CC3)cnn2-c2ccc(C)cc2)CC1. The molecule has 2 saturated heterocycles. The number of aryl methyl sites for hydroxylation is 2. The molecule has 0 unspecified atom stereocenters. The zero-order valence-electron chi connectivity index (χ0n) is 21.8. The first-order valence-corrected chi connectivity index (χ1v) is 13.4. The smallest absolute Gasteiger partial charge is 0.257 e. The number of rotatable bonds is 4. The standard InChI is InChI=1S/C29H34ClN5O2/c1-20-4-8-25(9-5-20)35-28(23-10-12-32(13-11-23)22(3)36)26(19-31-35)29(37)34-16-14-33(15-17-34)27-18-24(30)7-6-21(27)2/h4-9,18-19,23H,10-17H2,1-3H3. The van der Waals surface area contributed by atoms with E-state index in [1.54, 1.807) is 13.1 Å². The van der Waals surface area contributed by atoms with Crippen LogP contribution in [0.2, 0.25) is 5.02 Å². The Hall–Kier alpha value is -3.32. The lowest BCUT2D eigenvalue weighted by Gasteiger charge is -2.37. The number of amides is 2. The Morgan fingerprint density at radius 1 is 0.892 bits per heavy atom. The van der Waals surface area contributed by atoms with Gasteiger partial charge in [0.2, 0.25) is 5.91 Å². The first kappa shape index (κ1) is 25.3. The van der Waals surface area contributed by atoms with Gasteiger partial charge in [0, 0.05) is 62.8 Å². The fourth-order valence-corrected chi connectivity index (χ4v) is 5.69. The number of piperazine rings is 1. The van der Waals surface area contributed by atoms with Gasteiger partial charge < -0.3 is 14.7 Å². The maximum Gasteiger partial charge on any atom is 0.257 e. The second-order valence-electron chi connectivity index (χ2n) is 10.2. The third-order valence-electron chi connectivity index (χ3n) is 7.72. The summed E-state index contributed by atoms with van der Waals surface area (Å²) in [5, 5.41) is 5.43. The number of piperidine rings is 1. The Kier molecular flexibility index (Phi) is 7.24. The van der Waals surface area contributed by atoms with E-state index in [0.29, 0.717) is 31.7 Å². The van der Waals surface area contributed by atoms with Crippen LogP contribution in [0.3, 0.4) is 0 Å². The third-order valence-corrected chi connectivity index (χ3v) is 7.96. The average Bonchev–Trinajstić information content (AvgIpc) is 3.35. The molecule has 2 aromatic carbocycles. The molecule has 0 spiro atoms. The van der Waals surface area contributed by atoms with Crippen molar-refractivity contribution in [2.45, 2.75) is 39.5 Å². The topological polar surface area (TPSA) is 61.7 Å². The largest absolute Gasteiger partial charge is 0.368 e. The number of nitrogens with zero attached hydrogens (tertiary/aromatic N) is 5. The predicted molar refractivity (Wildman–Crippen MR) is 147 cm³/mol. The van der Waals surface area contributed by atoms with Gasteiger partial charge in [-0.15, -0.1) is 0 Å². The highest BCUT2D eigenvalue weighted by Crippen LogP contribution is 2.33. The molecule has 0 N–H and O–H groups in total. The van der Waals surface area contributed by atoms with Crippen LogP contribution in [0.1, 0.15) is 52.9 Å². The lowest BCUT2D eigenvalue weighted by atomic mass is 9.90. The van der Waals surface area contributed by atoms with Crippen LogP contribution in [0.5, 0.6) is 0 Å². The van der Waals surface area contributed by atoms with Crippen LogP contribution in [-0.2, 0) is 4.79 Å². The van der Waals surface area contributed by atoms with Crippen molar-refractivity contribution < 1.29 is 9.59 Å². The second-order valence-corrected chi connectivity index (χ2v) is 10.6. The fourth-order valence-electron chi connectivity index (χ4n) is 5.52. The fraction of sp³-hybridized carbons (Fsp3) is 0.414. The highest BCUT2D eigenvalue weighted by atomic mass is 35.5. The number of hydrogen-bond donors (Lipinski definition) is 0. The number of benzene rings is 2. The molecule has 7 nitrogen and oxygen atoms in total. The lowest BCUT2D eigenvalue weighted by Crippen LogP contribution is -2.49. The number of anilines is 1. The van der Waals surface area contributed by atoms with Crippen LogP contribution < -0.4 is 4.90 Å². The quantitative estimate of drug-likeness (QED) is 0.495. The Morgan fingerprint density at radius 3 is 2.22 bits per heavy atom. The van der Waals surface area contributed by atoms with Gasteiger partial charge in [0.25, 0.3) is 5.91 Å². The van der Waals surface area contributed by atoms with Crippen molar-refractivity contribution in [1.29, 1.82) is 0 Å². The van der Waals surface area contributed by atoms with Gasteiger partial charge in [-0.25, -0.2) is 4.68 Å². The van der Waals surface area contributed by atoms with Crippen LogP contribution in [0.4, 0.5) is 5.69 Å². The van der Waals surface area contributed by atoms with Crippen LogP contribution >= 0.6 is 11.6 Å². The molecular weight excluding hydrogens is 486 g/mol. The molecule has 194 valence electrons. The summed E-state index contributed by atoms with van der Waals surface area (Å²) in [4.78, 5) is 31.9. The highest BCUT2D eigenvalue weighted by Gasteiger charge is 2.32. The minimum atomic E-state index is 0.0322. The monoisotopic (exact) mass is 519 g/mol. The molecule has 0 saturated carbocycles. The van der Waals surface area contributed by atoms with Gasteiger partial charge in [-0.2, -0.15) is 5.10 Å². The molecule has 0 aliphatic carbocycles. The van der Waals surface area contributed by atoms with E-state index in [9.17, 15) is 9.59 Å². The molecule has 8 heteroatoms. The van der Waals surface area contributed by atoms with E-state index in [0.717, 1.165) is 48.0 Å². The summed E-state index contributed by atoms with van der Waals surface area (Å²) >= 11 is 6.25. The zero-order chi connectivity index (χ0) is 26.1. The van der Waals surface area contributed by atoms with Crippen molar-refractivity contribution in [3.63, 3.8) is 0 Å². The van der Waals surface area contributed by atoms with E-state index in [4.69, 9.17) is 16.7 Å². The number of carbonyl (C=O) groups excluding carboxylic acids is 2. The maximum atomic E-state index is 13.9. The number of hydrogen-bond acceptors (Lipinski definition) is 4.